The van der Waals surface area contributed by atoms with E-state index in [9.17, 15) is 4.79 Å². The molecule has 0 spiro atoms. The predicted molar refractivity (Wildman–Crippen MR) is 109 cm³/mol. The van der Waals surface area contributed by atoms with Crippen molar-refractivity contribution in [3.05, 3.63) is 28.2 Å². The number of carbonyl (C=O) groups is 1. The van der Waals surface area contributed by atoms with Gasteiger partial charge in [-0.25, -0.2) is 0 Å². The van der Waals surface area contributed by atoms with Crippen molar-refractivity contribution in [2.45, 2.75) is 71.3 Å². The number of hydrogen-bond acceptors (Lipinski definition) is 4. The molecular weight excluding hydrogens is 350 g/mol. The Morgan fingerprint density at radius 2 is 1.76 bits per heavy atom. The first-order chi connectivity index (χ1) is 12.2. The zero-order valence-electron chi connectivity index (χ0n) is 15.2. The molecule has 0 fully saturated rings. The van der Waals surface area contributed by atoms with Gasteiger partial charge < -0.3 is 9.30 Å². The first kappa shape index (κ1) is 20.1. The molecule has 0 bridgehead atoms. The normalized spacial score (nSPS) is 11.1. The van der Waals surface area contributed by atoms with Crippen LogP contribution < -0.4 is 0 Å². The minimum Gasteiger partial charge on any atom is -0.466 e. The molecule has 0 atom stereocenters. The standard InChI is InChI=1S/C20H29NO2S2/c1-2-3-4-5-6-7-8-11-16-23-19(22)14-15-21-17-12-9-10-13-18(17)25-20(21)24/h9-10,12-13H,2-8,11,14-16H2,1H3. The van der Waals surface area contributed by atoms with Crippen LogP contribution in [-0.4, -0.2) is 17.1 Å². The number of hydrogen-bond donors (Lipinski definition) is 0. The average molecular weight is 380 g/mol. The van der Waals surface area contributed by atoms with Gasteiger partial charge in [0, 0.05) is 6.54 Å². The molecule has 1 heterocycles. The molecule has 0 unspecified atom stereocenters. The van der Waals surface area contributed by atoms with Crippen LogP contribution in [0, 0.1) is 3.95 Å². The van der Waals surface area contributed by atoms with Gasteiger partial charge in [0.1, 0.15) is 0 Å². The molecule has 2 rings (SSSR count). The third kappa shape index (κ3) is 6.90. The lowest BCUT2D eigenvalue weighted by Gasteiger charge is -2.07. The fraction of sp³-hybridized carbons (Fsp3) is 0.600. The van der Waals surface area contributed by atoms with Gasteiger partial charge in [0.25, 0.3) is 0 Å². The molecule has 0 amide bonds. The molecule has 3 nitrogen and oxygen atoms in total. The van der Waals surface area contributed by atoms with E-state index in [-0.39, 0.29) is 5.97 Å². The van der Waals surface area contributed by atoms with Gasteiger partial charge in [0.05, 0.1) is 23.2 Å². The molecule has 0 saturated carbocycles. The number of nitrogens with zero attached hydrogens (tertiary/aromatic N) is 1. The lowest BCUT2D eigenvalue weighted by Crippen LogP contribution is -2.10. The van der Waals surface area contributed by atoms with Crippen LogP contribution in [0.5, 0.6) is 0 Å². The van der Waals surface area contributed by atoms with Crippen molar-refractivity contribution in [1.29, 1.82) is 0 Å². The minimum absolute atomic E-state index is 0.125. The predicted octanol–water partition coefficient (Wildman–Crippen LogP) is 6.51. The molecule has 1 aromatic carbocycles. The number of fused-ring (bicyclic) bond motifs is 1. The Morgan fingerprint density at radius 1 is 1.08 bits per heavy atom. The van der Waals surface area contributed by atoms with Crippen molar-refractivity contribution in [2.24, 2.45) is 0 Å². The third-order valence-corrected chi connectivity index (χ3v) is 5.80. The summed E-state index contributed by atoms with van der Waals surface area (Å²) in [7, 11) is 0. The Bertz CT molecular complexity index is 705. The fourth-order valence-corrected chi connectivity index (χ4v) is 4.30. The van der Waals surface area contributed by atoms with E-state index < -0.39 is 0 Å². The fourth-order valence-electron chi connectivity index (χ4n) is 2.92. The van der Waals surface area contributed by atoms with Crippen molar-refractivity contribution in [1.82, 2.24) is 4.57 Å². The van der Waals surface area contributed by atoms with Gasteiger partial charge in [-0.3, -0.25) is 4.79 Å². The number of ether oxygens (including phenoxy) is 1. The number of para-hydroxylation sites is 1. The summed E-state index contributed by atoms with van der Waals surface area (Å²) in [6.07, 6.45) is 10.4. The largest absolute Gasteiger partial charge is 0.466 e. The number of aryl methyl sites for hydroxylation is 1. The number of benzene rings is 1. The van der Waals surface area contributed by atoms with Crippen LogP contribution in [0.3, 0.4) is 0 Å². The zero-order valence-corrected chi connectivity index (χ0v) is 16.8. The number of thiazole rings is 1. The van der Waals surface area contributed by atoms with E-state index in [1.54, 1.807) is 11.3 Å². The van der Waals surface area contributed by atoms with Crippen molar-refractivity contribution < 1.29 is 9.53 Å². The maximum Gasteiger partial charge on any atom is 0.307 e. The summed E-state index contributed by atoms with van der Waals surface area (Å²) in [6.45, 7) is 3.38. The highest BCUT2D eigenvalue weighted by Crippen LogP contribution is 2.23. The van der Waals surface area contributed by atoms with Gasteiger partial charge in [-0.05, 0) is 30.8 Å². The Kier molecular flexibility index (Phi) is 9.19. The third-order valence-electron chi connectivity index (χ3n) is 4.37. The molecule has 0 aliphatic heterocycles. The Labute approximate surface area is 160 Å². The van der Waals surface area contributed by atoms with Crippen LogP contribution in [0.4, 0.5) is 0 Å². The lowest BCUT2D eigenvalue weighted by molar-refractivity contribution is -0.144. The Balaban J connectivity index is 1.60. The second-order valence-corrected chi connectivity index (χ2v) is 8.11. The van der Waals surface area contributed by atoms with Crippen molar-refractivity contribution in [3.8, 4) is 0 Å². The van der Waals surface area contributed by atoms with Gasteiger partial charge in [-0.2, -0.15) is 0 Å². The first-order valence-electron chi connectivity index (χ1n) is 9.46. The molecule has 0 N–H and O–H groups in total. The van der Waals surface area contributed by atoms with E-state index in [4.69, 9.17) is 17.0 Å². The van der Waals surface area contributed by atoms with Crippen LogP contribution in [0.15, 0.2) is 24.3 Å². The summed E-state index contributed by atoms with van der Waals surface area (Å²) in [5.74, 6) is -0.125. The number of unbranched alkanes of at least 4 members (excludes halogenated alkanes) is 7. The number of carbonyl (C=O) groups excluding carboxylic acids is 1. The number of aromatic nitrogens is 1. The summed E-state index contributed by atoms with van der Waals surface area (Å²) < 4.78 is 9.37. The SMILES string of the molecule is CCCCCCCCCCOC(=O)CCn1c(=S)sc2ccccc21. The van der Waals surface area contributed by atoms with Crippen LogP contribution in [0.2, 0.25) is 0 Å². The minimum atomic E-state index is -0.125. The maximum absolute atomic E-state index is 11.9. The zero-order chi connectivity index (χ0) is 17.9. The summed E-state index contributed by atoms with van der Waals surface area (Å²) in [5.41, 5.74) is 1.10. The van der Waals surface area contributed by atoms with E-state index in [1.165, 1.54) is 43.2 Å². The molecule has 0 aliphatic rings. The number of esters is 1. The molecule has 0 saturated heterocycles. The van der Waals surface area contributed by atoms with E-state index >= 15 is 0 Å². The van der Waals surface area contributed by atoms with E-state index in [1.807, 2.05) is 22.8 Å². The quantitative estimate of drug-likeness (QED) is 0.239. The lowest BCUT2D eigenvalue weighted by atomic mass is 10.1. The second kappa shape index (κ2) is 11.4. The van der Waals surface area contributed by atoms with Gasteiger partial charge in [-0.15, -0.1) is 11.3 Å². The van der Waals surface area contributed by atoms with Gasteiger partial charge in [0.15, 0.2) is 3.95 Å². The molecular formula is C20H29NO2S2. The molecule has 0 radical (unpaired) electrons. The average Bonchev–Trinajstić information content (AvgIpc) is 2.93. The summed E-state index contributed by atoms with van der Waals surface area (Å²) in [5, 5.41) is 0. The molecule has 1 aromatic heterocycles. The second-order valence-electron chi connectivity index (χ2n) is 6.43. The van der Waals surface area contributed by atoms with Gasteiger partial charge in [0.2, 0.25) is 0 Å². The molecule has 138 valence electrons. The van der Waals surface area contributed by atoms with Crippen LogP contribution >= 0.6 is 23.6 Å². The highest BCUT2D eigenvalue weighted by atomic mass is 32.1. The highest BCUT2D eigenvalue weighted by molar-refractivity contribution is 7.73. The monoisotopic (exact) mass is 379 g/mol. The Morgan fingerprint density at radius 3 is 2.52 bits per heavy atom. The smallest absolute Gasteiger partial charge is 0.307 e. The molecule has 2 aromatic rings. The van der Waals surface area contributed by atoms with Crippen molar-refractivity contribution in [3.63, 3.8) is 0 Å². The maximum atomic E-state index is 11.9. The van der Waals surface area contributed by atoms with E-state index in [0.717, 1.165) is 22.3 Å². The van der Waals surface area contributed by atoms with Crippen LogP contribution in [0.1, 0.15) is 64.7 Å². The van der Waals surface area contributed by atoms with Gasteiger partial charge in [-0.1, -0.05) is 64.0 Å². The van der Waals surface area contributed by atoms with E-state index in [2.05, 4.69) is 13.0 Å². The molecule has 5 heteroatoms. The van der Waals surface area contributed by atoms with Crippen molar-refractivity contribution in [2.75, 3.05) is 6.61 Å². The molecule has 25 heavy (non-hydrogen) atoms. The van der Waals surface area contributed by atoms with Crippen LogP contribution in [0.25, 0.3) is 10.2 Å². The van der Waals surface area contributed by atoms with E-state index in [0.29, 0.717) is 19.6 Å². The summed E-state index contributed by atoms with van der Waals surface area (Å²) in [6, 6.07) is 8.12. The summed E-state index contributed by atoms with van der Waals surface area (Å²) in [4.78, 5) is 11.9. The van der Waals surface area contributed by atoms with Gasteiger partial charge >= 0.3 is 5.97 Å². The topological polar surface area (TPSA) is 31.2 Å². The first-order valence-corrected chi connectivity index (χ1v) is 10.7. The van der Waals surface area contributed by atoms with Crippen LogP contribution in [-0.2, 0) is 16.1 Å². The highest BCUT2D eigenvalue weighted by Gasteiger charge is 2.08. The molecule has 0 aliphatic carbocycles. The van der Waals surface area contributed by atoms with Crippen molar-refractivity contribution >= 4 is 39.7 Å². The Hall–Kier alpha value is -1.20. The summed E-state index contributed by atoms with van der Waals surface area (Å²) >= 11 is 7.00. The number of rotatable bonds is 12.